The summed E-state index contributed by atoms with van der Waals surface area (Å²) in [4.78, 5) is 26.2. The largest absolute Gasteiger partial charge is 0.496 e. The number of sulfonamides is 1. The zero-order valence-corrected chi connectivity index (χ0v) is 22.1. The van der Waals surface area contributed by atoms with Gasteiger partial charge in [0.1, 0.15) is 5.75 Å². The lowest BCUT2D eigenvalue weighted by Crippen LogP contribution is -2.39. The van der Waals surface area contributed by atoms with Crippen molar-refractivity contribution >= 4 is 44.7 Å². The molecule has 1 heterocycles. The highest BCUT2D eigenvalue weighted by Gasteiger charge is 2.22. The third-order valence-electron chi connectivity index (χ3n) is 6.31. The molecule has 4 N–H and O–H groups in total. The normalized spacial score (nSPS) is 15.0. The van der Waals surface area contributed by atoms with Crippen LogP contribution in [0.3, 0.4) is 0 Å². The van der Waals surface area contributed by atoms with E-state index in [2.05, 4.69) is 14.9 Å². The molecule has 0 atom stereocenters. The highest BCUT2D eigenvalue weighted by Crippen LogP contribution is 2.31. The summed E-state index contributed by atoms with van der Waals surface area (Å²) >= 11 is 6.08. The minimum atomic E-state index is -3.63. The summed E-state index contributed by atoms with van der Waals surface area (Å²) in [5.74, 6) is 0.629. The molecule has 0 aromatic heterocycles. The molecule has 1 saturated heterocycles. The third kappa shape index (κ3) is 7.67. The van der Waals surface area contributed by atoms with Gasteiger partial charge in [0.2, 0.25) is 15.9 Å². The van der Waals surface area contributed by atoms with Crippen molar-refractivity contribution in [2.75, 3.05) is 44.3 Å². The van der Waals surface area contributed by atoms with Gasteiger partial charge in [-0.25, -0.2) is 13.1 Å². The number of ketones is 1. The number of carbonyl (C=O) groups excluding carboxylic acids is 2. The zero-order chi connectivity index (χ0) is 26.3. The molecular formula is C25H33ClN4O5S. The second-order valence-corrected chi connectivity index (χ2v) is 11.1. The van der Waals surface area contributed by atoms with E-state index in [1.807, 2.05) is 0 Å². The van der Waals surface area contributed by atoms with Crippen LogP contribution in [-0.4, -0.2) is 58.3 Å². The Bertz CT molecular complexity index is 1180. The van der Waals surface area contributed by atoms with Crippen LogP contribution >= 0.6 is 11.6 Å². The average molecular weight is 537 g/mol. The number of benzene rings is 2. The molecule has 11 heteroatoms. The van der Waals surface area contributed by atoms with E-state index in [0.29, 0.717) is 53.1 Å². The molecule has 0 spiro atoms. The van der Waals surface area contributed by atoms with Crippen molar-refractivity contribution in [3.05, 3.63) is 47.0 Å². The van der Waals surface area contributed by atoms with Gasteiger partial charge >= 0.3 is 0 Å². The maximum absolute atomic E-state index is 12.7. The molecule has 3 rings (SSSR count). The Labute approximate surface area is 217 Å². The number of anilines is 2. The number of nitrogen functional groups attached to an aromatic ring is 1. The Morgan fingerprint density at radius 3 is 2.44 bits per heavy atom. The highest BCUT2D eigenvalue weighted by atomic mass is 35.5. The Kier molecular flexibility index (Phi) is 9.72. The number of ether oxygens (including phenoxy) is 1. The van der Waals surface area contributed by atoms with Gasteiger partial charge in [0.05, 0.1) is 28.3 Å². The predicted molar refractivity (Wildman–Crippen MR) is 141 cm³/mol. The van der Waals surface area contributed by atoms with Gasteiger partial charge < -0.3 is 20.7 Å². The first-order valence-corrected chi connectivity index (χ1v) is 13.7. The molecule has 2 aromatic rings. The second kappa shape index (κ2) is 12.5. The number of Topliss-reactive ketones (excluding diaryl/α,β-unsaturated/α-hetero) is 1. The van der Waals surface area contributed by atoms with E-state index in [9.17, 15) is 18.0 Å². The summed E-state index contributed by atoms with van der Waals surface area (Å²) < 4.78 is 33.0. The van der Waals surface area contributed by atoms with Crippen molar-refractivity contribution in [3.63, 3.8) is 0 Å². The summed E-state index contributed by atoms with van der Waals surface area (Å²) in [7, 11) is -2.13. The number of nitrogens with two attached hydrogens (primary N) is 1. The molecule has 196 valence electrons. The number of rotatable bonds is 11. The molecule has 0 unspecified atom stereocenters. The van der Waals surface area contributed by atoms with E-state index in [0.717, 1.165) is 32.4 Å². The van der Waals surface area contributed by atoms with Crippen LogP contribution in [0.2, 0.25) is 5.02 Å². The van der Waals surface area contributed by atoms with Crippen LogP contribution in [0.25, 0.3) is 0 Å². The van der Waals surface area contributed by atoms with E-state index < -0.39 is 10.0 Å². The predicted octanol–water partition coefficient (Wildman–Crippen LogP) is 3.54. The van der Waals surface area contributed by atoms with Gasteiger partial charge in [-0.3, -0.25) is 9.59 Å². The Morgan fingerprint density at radius 1 is 1.17 bits per heavy atom. The van der Waals surface area contributed by atoms with Gasteiger partial charge in [-0.1, -0.05) is 11.6 Å². The lowest BCUT2D eigenvalue weighted by Gasteiger charge is -2.31. The molecule has 9 nitrogen and oxygen atoms in total. The monoisotopic (exact) mass is 536 g/mol. The molecule has 1 fully saturated rings. The Balaban J connectivity index is 1.40. The first kappa shape index (κ1) is 27.9. The van der Waals surface area contributed by atoms with E-state index in [1.54, 1.807) is 24.3 Å². The van der Waals surface area contributed by atoms with Crippen molar-refractivity contribution in [1.82, 2.24) is 9.62 Å². The average Bonchev–Trinajstić information content (AvgIpc) is 2.84. The molecule has 0 radical (unpaired) electrons. The van der Waals surface area contributed by atoms with Gasteiger partial charge in [-0.2, -0.15) is 0 Å². The third-order valence-corrected chi connectivity index (χ3v) is 8.12. The number of methoxy groups -OCH3 is 1. The summed E-state index contributed by atoms with van der Waals surface area (Å²) in [6.45, 7) is 4.00. The first-order chi connectivity index (χ1) is 17.1. The summed E-state index contributed by atoms with van der Waals surface area (Å²) in [6, 6.07) is 9.19. The van der Waals surface area contributed by atoms with Crippen LogP contribution in [0.15, 0.2) is 41.3 Å². The van der Waals surface area contributed by atoms with Crippen molar-refractivity contribution in [2.24, 2.45) is 5.92 Å². The number of halogens is 1. The Hall–Kier alpha value is -2.66. The molecule has 1 amide bonds. The van der Waals surface area contributed by atoms with Gasteiger partial charge in [-0.15, -0.1) is 0 Å². The lowest BCUT2D eigenvalue weighted by atomic mass is 9.90. The van der Waals surface area contributed by atoms with Gasteiger partial charge in [0, 0.05) is 38.2 Å². The highest BCUT2D eigenvalue weighted by molar-refractivity contribution is 7.89. The number of hydrogen-bond acceptors (Lipinski definition) is 7. The minimum Gasteiger partial charge on any atom is -0.496 e. The molecule has 1 aliphatic heterocycles. The maximum atomic E-state index is 12.7. The van der Waals surface area contributed by atoms with Gasteiger partial charge in [-0.05, 0) is 68.6 Å². The SMILES string of the molecule is COc1cc(N)c(Cl)cc1C(=O)CCC1CCN(CCNS(=O)(=O)c2ccc(NC(C)=O)cc2)CC1. The fraction of sp³-hybridized carbons (Fsp3) is 0.440. The molecule has 2 aromatic carbocycles. The molecule has 1 aliphatic rings. The fourth-order valence-corrected chi connectivity index (χ4v) is 5.45. The van der Waals surface area contributed by atoms with Crippen molar-refractivity contribution < 1.29 is 22.7 Å². The second-order valence-electron chi connectivity index (χ2n) is 8.92. The quantitative estimate of drug-likeness (QED) is 0.295. The van der Waals surface area contributed by atoms with Crippen molar-refractivity contribution in [2.45, 2.75) is 37.5 Å². The van der Waals surface area contributed by atoms with Crippen LogP contribution in [0, 0.1) is 5.92 Å². The van der Waals surface area contributed by atoms with Gasteiger partial charge in [0.25, 0.3) is 0 Å². The number of hydrogen-bond donors (Lipinski definition) is 3. The number of nitrogens with zero attached hydrogens (tertiary/aromatic N) is 1. The smallest absolute Gasteiger partial charge is 0.240 e. The van der Waals surface area contributed by atoms with E-state index in [1.165, 1.54) is 26.2 Å². The van der Waals surface area contributed by atoms with Crippen molar-refractivity contribution in [3.8, 4) is 5.75 Å². The topological polar surface area (TPSA) is 131 Å². The first-order valence-electron chi connectivity index (χ1n) is 11.8. The summed E-state index contributed by atoms with van der Waals surface area (Å²) in [5.41, 5.74) is 7.17. The van der Waals surface area contributed by atoms with Crippen LogP contribution < -0.4 is 20.5 Å². The maximum Gasteiger partial charge on any atom is 0.240 e. The van der Waals surface area contributed by atoms with Crippen LogP contribution in [-0.2, 0) is 14.8 Å². The number of nitrogens with one attached hydrogen (secondary N) is 2. The summed E-state index contributed by atoms with van der Waals surface area (Å²) in [5, 5.41) is 2.95. The number of amides is 1. The minimum absolute atomic E-state index is 0.0179. The van der Waals surface area contributed by atoms with Crippen LogP contribution in [0.1, 0.15) is 43.0 Å². The van der Waals surface area contributed by atoms with E-state index in [4.69, 9.17) is 22.1 Å². The van der Waals surface area contributed by atoms with Crippen molar-refractivity contribution in [1.29, 1.82) is 0 Å². The standard InChI is InChI=1S/C25H33ClN4O5S/c1-17(31)29-19-4-6-20(7-5-19)36(33,34)28-11-14-30-12-9-18(10-13-30)3-8-24(32)21-15-22(26)23(27)16-25(21)35-2/h4-7,15-16,18,28H,3,8-14,27H2,1-2H3,(H,29,31). The zero-order valence-electron chi connectivity index (χ0n) is 20.6. The molecular weight excluding hydrogens is 504 g/mol. The number of likely N-dealkylation sites (tertiary alicyclic amines) is 1. The fourth-order valence-electron chi connectivity index (χ4n) is 4.27. The number of piperidine rings is 1. The van der Waals surface area contributed by atoms with Gasteiger partial charge in [0.15, 0.2) is 5.78 Å². The summed E-state index contributed by atoms with van der Waals surface area (Å²) in [6.07, 6.45) is 3.08. The Morgan fingerprint density at radius 2 is 1.83 bits per heavy atom. The van der Waals surface area contributed by atoms with Crippen LogP contribution in [0.5, 0.6) is 5.75 Å². The molecule has 0 bridgehead atoms. The van der Waals surface area contributed by atoms with E-state index >= 15 is 0 Å². The van der Waals surface area contributed by atoms with E-state index in [-0.39, 0.29) is 16.6 Å². The van der Waals surface area contributed by atoms with Crippen LogP contribution in [0.4, 0.5) is 11.4 Å². The molecule has 0 saturated carbocycles. The molecule has 0 aliphatic carbocycles. The lowest BCUT2D eigenvalue weighted by molar-refractivity contribution is -0.114. The number of carbonyl (C=O) groups is 2. The molecule has 36 heavy (non-hydrogen) atoms.